The molecule has 2 aromatic rings. The van der Waals surface area contributed by atoms with Crippen LogP contribution in [0.15, 0.2) is 30.3 Å². The number of benzene rings is 1. The Labute approximate surface area is 153 Å². The Bertz CT molecular complexity index is 743. The molecule has 3 rings (SSSR count). The maximum atomic E-state index is 12.1. The number of nitrogens with zero attached hydrogens (tertiary/aromatic N) is 3. The lowest BCUT2D eigenvalue weighted by atomic mass is 10.2. The summed E-state index contributed by atoms with van der Waals surface area (Å²) in [4.78, 5) is 23.1. The summed E-state index contributed by atoms with van der Waals surface area (Å²) in [5.41, 5.74) is 0.583. The van der Waals surface area contributed by atoms with Crippen molar-refractivity contribution in [2.75, 3.05) is 38.3 Å². The molecule has 1 aliphatic heterocycles. The first-order valence-corrected chi connectivity index (χ1v) is 8.81. The molecule has 0 aliphatic carbocycles. The van der Waals surface area contributed by atoms with E-state index in [-0.39, 0.29) is 5.91 Å². The molecular weight excluding hydrogens is 332 g/mol. The third kappa shape index (κ3) is 4.62. The molecule has 1 aromatic heterocycles. The Morgan fingerprint density at radius 2 is 1.92 bits per heavy atom. The van der Waals surface area contributed by atoms with Gasteiger partial charge in [0, 0.05) is 24.7 Å². The molecule has 1 aliphatic rings. The highest BCUT2D eigenvalue weighted by Crippen LogP contribution is 2.21. The van der Waals surface area contributed by atoms with Crippen LogP contribution in [-0.4, -0.2) is 49.2 Å². The minimum Gasteiger partial charge on any atom is -0.497 e. The van der Waals surface area contributed by atoms with Crippen molar-refractivity contribution in [2.45, 2.75) is 19.8 Å². The van der Waals surface area contributed by atoms with Crippen LogP contribution in [0.2, 0.25) is 0 Å². The fourth-order valence-electron chi connectivity index (χ4n) is 2.87. The van der Waals surface area contributed by atoms with E-state index in [1.165, 1.54) is 12.8 Å². The lowest BCUT2D eigenvalue weighted by Crippen LogP contribution is -2.28. The summed E-state index contributed by atoms with van der Waals surface area (Å²) in [5, 5.41) is 2.83. The Kier molecular flexibility index (Phi) is 5.88. The number of ether oxygens (including phenoxy) is 2. The summed E-state index contributed by atoms with van der Waals surface area (Å²) in [6.45, 7) is 4.64. The zero-order valence-corrected chi connectivity index (χ0v) is 15.2. The Morgan fingerprint density at radius 1 is 1.19 bits per heavy atom. The van der Waals surface area contributed by atoms with Crippen molar-refractivity contribution in [1.82, 2.24) is 15.3 Å². The van der Waals surface area contributed by atoms with Gasteiger partial charge in [-0.2, -0.15) is 4.98 Å². The van der Waals surface area contributed by atoms with E-state index < -0.39 is 0 Å². The number of amides is 1. The average Bonchev–Trinajstić information content (AvgIpc) is 3.19. The van der Waals surface area contributed by atoms with E-state index in [1.807, 2.05) is 13.0 Å². The number of aryl methyl sites for hydroxylation is 1. The van der Waals surface area contributed by atoms with E-state index in [9.17, 15) is 4.79 Å². The minimum absolute atomic E-state index is 0.145. The van der Waals surface area contributed by atoms with E-state index in [0.717, 1.165) is 24.7 Å². The largest absolute Gasteiger partial charge is 0.497 e. The van der Waals surface area contributed by atoms with Gasteiger partial charge in [-0.3, -0.25) is 4.79 Å². The van der Waals surface area contributed by atoms with Crippen LogP contribution in [0, 0.1) is 6.92 Å². The van der Waals surface area contributed by atoms with Gasteiger partial charge < -0.3 is 19.7 Å². The van der Waals surface area contributed by atoms with Crippen LogP contribution >= 0.6 is 0 Å². The van der Waals surface area contributed by atoms with Crippen molar-refractivity contribution in [3.05, 3.63) is 41.7 Å². The van der Waals surface area contributed by atoms with Crippen LogP contribution in [0.4, 0.5) is 5.82 Å². The standard InChI is InChI=1S/C19H24N4O3/c1-14-21-17(23-10-3-4-11-23)13-18(22-14)26-12-9-20-19(24)15-5-7-16(25-2)8-6-15/h5-8,13H,3-4,9-12H2,1-2H3,(H,20,24). The molecule has 1 N–H and O–H groups in total. The maximum Gasteiger partial charge on any atom is 0.251 e. The van der Waals surface area contributed by atoms with Crippen LogP contribution < -0.4 is 19.7 Å². The summed E-state index contributed by atoms with van der Waals surface area (Å²) in [6.07, 6.45) is 2.38. The third-order valence-electron chi connectivity index (χ3n) is 4.22. The van der Waals surface area contributed by atoms with Crippen LogP contribution in [0.5, 0.6) is 11.6 Å². The maximum absolute atomic E-state index is 12.1. The number of carbonyl (C=O) groups is 1. The summed E-state index contributed by atoms with van der Waals surface area (Å²) < 4.78 is 10.8. The lowest BCUT2D eigenvalue weighted by Gasteiger charge is -2.17. The van der Waals surface area contributed by atoms with E-state index in [2.05, 4.69) is 20.2 Å². The van der Waals surface area contributed by atoms with Gasteiger partial charge in [0.1, 0.15) is 24.0 Å². The van der Waals surface area contributed by atoms with E-state index >= 15 is 0 Å². The van der Waals surface area contributed by atoms with Crippen LogP contribution in [-0.2, 0) is 0 Å². The number of rotatable bonds is 7. The number of aromatic nitrogens is 2. The number of hydrogen-bond acceptors (Lipinski definition) is 6. The molecular formula is C19H24N4O3. The molecule has 26 heavy (non-hydrogen) atoms. The zero-order valence-electron chi connectivity index (χ0n) is 15.2. The molecule has 0 saturated carbocycles. The first-order valence-electron chi connectivity index (χ1n) is 8.81. The summed E-state index contributed by atoms with van der Waals surface area (Å²) in [7, 11) is 1.59. The summed E-state index contributed by atoms with van der Waals surface area (Å²) >= 11 is 0. The predicted molar refractivity (Wildman–Crippen MR) is 99.0 cm³/mol. The molecule has 1 saturated heterocycles. The molecule has 7 nitrogen and oxygen atoms in total. The Morgan fingerprint density at radius 3 is 2.62 bits per heavy atom. The molecule has 7 heteroatoms. The SMILES string of the molecule is COc1ccc(C(=O)NCCOc2cc(N3CCCC3)nc(C)n2)cc1. The average molecular weight is 356 g/mol. The van der Waals surface area contributed by atoms with Crippen LogP contribution in [0.3, 0.4) is 0 Å². The van der Waals surface area contributed by atoms with Gasteiger partial charge in [0.2, 0.25) is 5.88 Å². The number of methoxy groups -OCH3 is 1. The van der Waals surface area contributed by atoms with Crippen molar-refractivity contribution in [2.24, 2.45) is 0 Å². The molecule has 138 valence electrons. The highest BCUT2D eigenvalue weighted by atomic mass is 16.5. The molecule has 0 bridgehead atoms. The van der Waals surface area contributed by atoms with Crippen molar-refractivity contribution in [3.63, 3.8) is 0 Å². The van der Waals surface area contributed by atoms with Crippen LogP contribution in [0.25, 0.3) is 0 Å². The Balaban J connectivity index is 1.49. The van der Waals surface area contributed by atoms with Crippen molar-refractivity contribution >= 4 is 11.7 Å². The fourth-order valence-corrected chi connectivity index (χ4v) is 2.87. The first kappa shape index (κ1) is 18.0. The predicted octanol–water partition coefficient (Wildman–Crippen LogP) is 2.20. The second kappa shape index (κ2) is 8.51. The van der Waals surface area contributed by atoms with Gasteiger partial charge in [0.05, 0.1) is 13.7 Å². The number of carbonyl (C=O) groups excluding carboxylic acids is 1. The first-order chi connectivity index (χ1) is 12.7. The summed E-state index contributed by atoms with van der Waals surface area (Å²) in [6, 6.07) is 8.84. The Hall–Kier alpha value is -2.83. The van der Waals surface area contributed by atoms with E-state index in [1.54, 1.807) is 31.4 Å². The topological polar surface area (TPSA) is 76.6 Å². The molecule has 2 heterocycles. The second-order valence-electron chi connectivity index (χ2n) is 6.14. The molecule has 0 atom stereocenters. The van der Waals surface area contributed by atoms with Gasteiger partial charge in [-0.15, -0.1) is 0 Å². The van der Waals surface area contributed by atoms with Crippen molar-refractivity contribution in [1.29, 1.82) is 0 Å². The highest BCUT2D eigenvalue weighted by Gasteiger charge is 2.15. The van der Waals surface area contributed by atoms with Crippen LogP contribution in [0.1, 0.15) is 29.0 Å². The monoisotopic (exact) mass is 356 g/mol. The van der Waals surface area contributed by atoms with Gasteiger partial charge in [-0.05, 0) is 44.0 Å². The molecule has 0 unspecified atom stereocenters. The van der Waals surface area contributed by atoms with Gasteiger partial charge in [-0.1, -0.05) is 0 Å². The summed E-state index contributed by atoms with van der Waals surface area (Å²) in [5.74, 6) is 2.71. The second-order valence-corrected chi connectivity index (χ2v) is 6.14. The molecule has 1 amide bonds. The molecule has 1 aromatic carbocycles. The fraction of sp³-hybridized carbons (Fsp3) is 0.421. The van der Waals surface area contributed by atoms with Crippen molar-refractivity contribution in [3.8, 4) is 11.6 Å². The smallest absolute Gasteiger partial charge is 0.251 e. The number of anilines is 1. The quantitative estimate of drug-likeness (QED) is 0.767. The van der Waals surface area contributed by atoms with E-state index in [4.69, 9.17) is 9.47 Å². The lowest BCUT2D eigenvalue weighted by molar-refractivity contribution is 0.0946. The third-order valence-corrected chi connectivity index (χ3v) is 4.22. The van der Waals surface area contributed by atoms with Gasteiger partial charge in [0.25, 0.3) is 5.91 Å². The molecule has 0 radical (unpaired) electrons. The number of hydrogen-bond donors (Lipinski definition) is 1. The van der Waals surface area contributed by atoms with Gasteiger partial charge in [0.15, 0.2) is 0 Å². The minimum atomic E-state index is -0.145. The van der Waals surface area contributed by atoms with E-state index in [0.29, 0.717) is 30.4 Å². The normalized spacial score (nSPS) is 13.5. The number of nitrogens with one attached hydrogen (secondary N) is 1. The zero-order chi connectivity index (χ0) is 18.4. The molecule has 0 spiro atoms. The van der Waals surface area contributed by atoms with Gasteiger partial charge in [-0.25, -0.2) is 4.98 Å². The molecule has 1 fully saturated rings. The van der Waals surface area contributed by atoms with Crippen molar-refractivity contribution < 1.29 is 14.3 Å². The highest BCUT2D eigenvalue weighted by molar-refractivity contribution is 5.94. The van der Waals surface area contributed by atoms with Gasteiger partial charge >= 0.3 is 0 Å².